The minimum atomic E-state index is -0.104. The van der Waals surface area contributed by atoms with Crippen LogP contribution in [-0.4, -0.2) is 32.6 Å². The van der Waals surface area contributed by atoms with Crippen molar-refractivity contribution < 1.29 is 0 Å². The Morgan fingerprint density at radius 1 is 1.48 bits per heavy atom. The maximum absolute atomic E-state index is 11.7. The third kappa shape index (κ3) is 4.13. The van der Waals surface area contributed by atoms with Crippen molar-refractivity contribution in [3.05, 3.63) is 10.5 Å². The lowest BCUT2D eigenvalue weighted by molar-refractivity contribution is 0.214. The van der Waals surface area contributed by atoms with E-state index < -0.39 is 0 Å². The number of hydrogen-bond acceptors (Lipinski definition) is 4. The summed E-state index contributed by atoms with van der Waals surface area (Å²) in [7, 11) is 0. The van der Waals surface area contributed by atoms with Gasteiger partial charge >= 0.3 is 5.69 Å². The summed E-state index contributed by atoms with van der Waals surface area (Å²) in [6.07, 6.45) is 4.77. The van der Waals surface area contributed by atoms with Gasteiger partial charge in [-0.1, -0.05) is 32.5 Å². The Hall–Kier alpha value is -0.750. The van der Waals surface area contributed by atoms with Gasteiger partial charge in [-0.15, -0.1) is 5.10 Å². The molecule has 0 radical (unpaired) electrons. The fourth-order valence-corrected chi connectivity index (χ4v) is 4.66. The lowest BCUT2D eigenvalue weighted by Gasteiger charge is -2.40. The SMILES string of the molecule is CCCNC1CCC(C)(C)CC1Sc1n[nH]c(=O)n1CC. The number of nitrogens with zero attached hydrogens (tertiary/aromatic N) is 2. The standard InChI is InChI=1S/C15H28N4OS/c1-5-9-16-11-7-8-15(3,4)10-12(11)21-14-18-17-13(20)19(14)6-2/h11-12,16H,5-10H2,1-4H3,(H,17,20). The second-order valence-corrected chi connectivity index (χ2v) is 7.89. The van der Waals surface area contributed by atoms with Gasteiger partial charge in [0, 0.05) is 17.8 Å². The van der Waals surface area contributed by atoms with Gasteiger partial charge in [-0.05, 0) is 44.6 Å². The van der Waals surface area contributed by atoms with Gasteiger partial charge < -0.3 is 5.32 Å². The van der Waals surface area contributed by atoms with E-state index in [1.54, 1.807) is 16.3 Å². The van der Waals surface area contributed by atoms with Crippen LogP contribution in [0.15, 0.2) is 9.95 Å². The highest BCUT2D eigenvalue weighted by molar-refractivity contribution is 7.99. The van der Waals surface area contributed by atoms with Crippen LogP contribution in [0.2, 0.25) is 0 Å². The van der Waals surface area contributed by atoms with E-state index in [1.165, 1.54) is 12.8 Å². The van der Waals surface area contributed by atoms with Crippen LogP contribution in [0.5, 0.6) is 0 Å². The van der Waals surface area contributed by atoms with E-state index in [2.05, 4.69) is 36.3 Å². The summed E-state index contributed by atoms with van der Waals surface area (Å²) < 4.78 is 1.73. The highest BCUT2D eigenvalue weighted by atomic mass is 32.2. The van der Waals surface area contributed by atoms with Crippen LogP contribution >= 0.6 is 11.8 Å². The summed E-state index contributed by atoms with van der Waals surface area (Å²) in [6, 6.07) is 0.514. The van der Waals surface area contributed by atoms with Gasteiger partial charge in [-0.2, -0.15) is 0 Å². The van der Waals surface area contributed by atoms with E-state index in [1.807, 2.05) is 6.92 Å². The molecular formula is C15H28N4OS. The number of thioether (sulfide) groups is 1. The van der Waals surface area contributed by atoms with Crippen molar-refractivity contribution in [1.82, 2.24) is 20.1 Å². The van der Waals surface area contributed by atoms with Crippen LogP contribution in [-0.2, 0) is 6.54 Å². The monoisotopic (exact) mass is 312 g/mol. The number of aromatic amines is 1. The molecule has 1 aliphatic carbocycles. The second-order valence-electron chi connectivity index (χ2n) is 6.68. The van der Waals surface area contributed by atoms with Crippen molar-refractivity contribution in [2.24, 2.45) is 5.41 Å². The third-order valence-electron chi connectivity index (χ3n) is 4.29. The van der Waals surface area contributed by atoms with E-state index in [0.29, 0.717) is 23.3 Å². The fourth-order valence-electron chi connectivity index (χ4n) is 3.02. The number of hydrogen-bond donors (Lipinski definition) is 2. The summed E-state index contributed by atoms with van der Waals surface area (Å²) >= 11 is 1.76. The van der Waals surface area contributed by atoms with Crippen molar-refractivity contribution in [2.45, 2.75) is 76.4 Å². The van der Waals surface area contributed by atoms with Crippen molar-refractivity contribution in [1.29, 1.82) is 0 Å². The Balaban J connectivity index is 2.13. The Kier molecular flexibility index (Phi) is 5.54. The van der Waals surface area contributed by atoms with E-state index in [4.69, 9.17) is 0 Å². The largest absolute Gasteiger partial charge is 0.343 e. The molecule has 0 spiro atoms. The molecule has 6 heteroatoms. The molecular weight excluding hydrogens is 284 g/mol. The first kappa shape index (κ1) is 16.6. The first-order chi connectivity index (χ1) is 9.96. The van der Waals surface area contributed by atoms with Gasteiger partial charge in [0.05, 0.1) is 0 Å². The number of H-pyrrole nitrogens is 1. The maximum atomic E-state index is 11.7. The minimum absolute atomic E-state index is 0.104. The second kappa shape index (κ2) is 7.01. The highest BCUT2D eigenvalue weighted by Crippen LogP contribution is 2.42. The molecule has 1 aromatic rings. The van der Waals surface area contributed by atoms with Crippen LogP contribution in [0.25, 0.3) is 0 Å². The Labute approximate surface area is 131 Å². The molecule has 2 atom stereocenters. The number of rotatable bonds is 6. The van der Waals surface area contributed by atoms with Crippen LogP contribution in [0.3, 0.4) is 0 Å². The molecule has 2 N–H and O–H groups in total. The van der Waals surface area contributed by atoms with E-state index in [0.717, 1.165) is 24.5 Å². The minimum Gasteiger partial charge on any atom is -0.313 e. The molecule has 2 unspecified atom stereocenters. The highest BCUT2D eigenvalue weighted by Gasteiger charge is 2.36. The lowest BCUT2D eigenvalue weighted by Crippen LogP contribution is -2.45. The Bertz CT molecular complexity index is 508. The number of nitrogens with one attached hydrogen (secondary N) is 2. The van der Waals surface area contributed by atoms with Crippen LogP contribution in [0.1, 0.15) is 53.4 Å². The van der Waals surface area contributed by atoms with Gasteiger partial charge in [0.25, 0.3) is 0 Å². The summed E-state index contributed by atoms with van der Waals surface area (Å²) in [5, 5.41) is 11.8. The summed E-state index contributed by atoms with van der Waals surface area (Å²) in [5.41, 5.74) is 0.267. The van der Waals surface area contributed by atoms with Gasteiger partial charge in [0.2, 0.25) is 0 Å². The lowest BCUT2D eigenvalue weighted by atomic mass is 9.75. The first-order valence-electron chi connectivity index (χ1n) is 8.02. The van der Waals surface area contributed by atoms with E-state index in [-0.39, 0.29) is 5.69 Å². The average molecular weight is 312 g/mol. The normalized spacial score (nSPS) is 25.1. The maximum Gasteiger partial charge on any atom is 0.343 e. The molecule has 1 heterocycles. The Morgan fingerprint density at radius 3 is 2.90 bits per heavy atom. The molecule has 0 aliphatic heterocycles. The van der Waals surface area contributed by atoms with Crippen molar-refractivity contribution in [3.8, 4) is 0 Å². The van der Waals surface area contributed by atoms with Crippen molar-refractivity contribution in [2.75, 3.05) is 6.54 Å². The smallest absolute Gasteiger partial charge is 0.313 e. The molecule has 2 rings (SSSR count). The zero-order chi connectivity index (χ0) is 15.5. The average Bonchev–Trinajstić information content (AvgIpc) is 2.77. The van der Waals surface area contributed by atoms with Gasteiger partial charge in [-0.25, -0.2) is 9.89 Å². The third-order valence-corrected chi connectivity index (χ3v) is 5.61. The molecule has 1 fully saturated rings. The molecule has 5 nitrogen and oxygen atoms in total. The summed E-state index contributed by atoms with van der Waals surface area (Å²) in [4.78, 5) is 11.7. The molecule has 0 bridgehead atoms. The zero-order valence-electron chi connectivity index (χ0n) is 13.6. The summed E-state index contributed by atoms with van der Waals surface area (Å²) in [6.45, 7) is 10.6. The predicted octanol–water partition coefficient (Wildman–Crippen LogP) is 2.63. The first-order valence-corrected chi connectivity index (χ1v) is 8.90. The molecule has 120 valence electrons. The number of aromatic nitrogens is 3. The van der Waals surface area contributed by atoms with Gasteiger partial charge in [0.1, 0.15) is 0 Å². The van der Waals surface area contributed by atoms with Gasteiger partial charge in [-0.3, -0.25) is 4.57 Å². The summed E-state index contributed by atoms with van der Waals surface area (Å²) in [5.74, 6) is 0. The molecule has 1 aromatic heterocycles. The molecule has 21 heavy (non-hydrogen) atoms. The van der Waals surface area contributed by atoms with Crippen LogP contribution in [0.4, 0.5) is 0 Å². The Morgan fingerprint density at radius 2 is 2.24 bits per heavy atom. The molecule has 1 saturated carbocycles. The van der Waals surface area contributed by atoms with Gasteiger partial charge in [0.15, 0.2) is 5.16 Å². The van der Waals surface area contributed by atoms with E-state index in [9.17, 15) is 4.79 Å². The molecule has 0 saturated heterocycles. The van der Waals surface area contributed by atoms with Crippen molar-refractivity contribution >= 4 is 11.8 Å². The quantitative estimate of drug-likeness (QED) is 0.847. The molecule has 1 aliphatic rings. The van der Waals surface area contributed by atoms with Crippen LogP contribution < -0.4 is 11.0 Å². The molecule has 0 amide bonds. The topological polar surface area (TPSA) is 62.7 Å². The zero-order valence-corrected chi connectivity index (χ0v) is 14.4. The van der Waals surface area contributed by atoms with Crippen LogP contribution in [0, 0.1) is 5.41 Å². The van der Waals surface area contributed by atoms with E-state index >= 15 is 0 Å². The predicted molar refractivity (Wildman–Crippen MR) is 87.9 cm³/mol. The fraction of sp³-hybridized carbons (Fsp3) is 0.867. The molecule has 0 aromatic carbocycles. The van der Waals surface area contributed by atoms with Crippen molar-refractivity contribution in [3.63, 3.8) is 0 Å².